The van der Waals surface area contributed by atoms with E-state index in [-0.39, 0.29) is 29.8 Å². The SMILES string of the molecule is COc1ccc(CC(=O)Cc2ccc(C(=O)N(CC(=O)O)Cc3ccc(CCc4ccc(-c5ccc(C)cc5)cc4)cc3)cc2)c(C(F)(F)F)c1. The minimum Gasteiger partial charge on any atom is -0.497 e. The second kappa shape index (κ2) is 16.3. The predicted molar refractivity (Wildman–Crippen MR) is 190 cm³/mol. The van der Waals surface area contributed by atoms with E-state index in [9.17, 15) is 32.7 Å². The van der Waals surface area contributed by atoms with Gasteiger partial charge in [-0.05, 0) is 83.0 Å². The largest absolute Gasteiger partial charge is 0.497 e. The third-order valence-electron chi connectivity index (χ3n) is 8.66. The summed E-state index contributed by atoms with van der Waals surface area (Å²) in [4.78, 5) is 39.0. The van der Waals surface area contributed by atoms with Crippen LogP contribution in [0.3, 0.4) is 0 Å². The van der Waals surface area contributed by atoms with Crippen molar-refractivity contribution in [1.29, 1.82) is 0 Å². The Morgan fingerprint density at radius 1 is 0.686 bits per heavy atom. The van der Waals surface area contributed by atoms with E-state index in [4.69, 9.17) is 4.74 Å². The average molecular weight is 694 g/mol. The predicted octanol–water partition coefficient (Wildman–Crippen LogP) is 8.56. The van der Waals surface area contributed by atoms with E-state index in [1.54, 1.807) is 12.1 Å². The Morgan fingerprint density at radius 2 is 1.22 bits per heavy atom. The Balaban J connectivity index is 1.17. The van der Waals surface area contributed by atoms with Crippen LogP contribution in [0.4, 0.5) is 13.2 Å². The van der Waals surface area contributed by atoms with E-state index >= 15 is 0 Å². The maximum absolute atomic E-state index is 13.6. The molecular weight excluding hydrogens is 655 g/mol. The van der Waals surface area contributed by atoms with E-state index in [0.717, 1.165) is 30.0 Å². The van der Waals surface area contributed by atoms with Crippen molar-refractivity contribution < 1.29 is 37.4 Å². The number of aliphatic carboxylic acids is 1. The molecule has 0 atom stereocenters. The fourth-order valence-corrected chi connectivity index (χ4v) is 5.84. The zero-order chi connectivity index (χ0) is 36.5. The smallest absolute Gasteiger partial charge is 0.416 e. The van der Waals surface area contributed by atoms with E-state index in [0.29, 0.717) is 5.56 Å². The van der Waals surface area contributed by atoms with Crippen LogP contribution in [0, 0.1) is 6.92 Å². The lowest BCUT2D eigenvalue weighted by molar-refractivity contribution is -0.139. The van der Waals surface area contributed by atoms with E-state index in [1.807, 2.05) is 24.3 Å². The number of amides is 1. The molecule has 0 heterocycles. The highest BCUT2D eigenvalue weighted by Gasteiger charge is 2.34. The molecule has 0 spiro atoms. The molecule has 5 aromatic rings. The first kappa shape index (κ1) is 36.6. The number of carbonyl (C=O) groups is 3. The standard InChI is InChI=1S/C42H38F3NO5/c1-28-3-15-33(16-4-28)34-17-11-30(12-18-34)6-5-29-7-9-32(10-8-29)26-46(27-40(48)49)41(50)35-19-13-31(14-20-35)23-37(47)24-36-21-22-38(51-2)25-39(36)42(43,44)45/h3-4,7-22,25H,5-6,23-24,26-27H2,1-2H3,(H,48,49). The lowest BCUT2D eigenvalue weighted by Crippen LogP contribution is -2.35. The van der Waals surface area contributed by atoms with Crippen molar-refractivity contribution in [2.24, 2.45) is 0 Å². The van der Waals surface area contributed by atoms with Crippen LogP contribution in [0.2, 0.25) is 0 Å². The number of hydrogen-bond donors (Lipinski definition) is 1. The number of aryl methyl sites for hydroxylation is 3. The molecule has 5 aromatic carbocycles. The van der Waals surface area contributed by atoms with Crippen LogP contribution in [0.5, 0.6) is 5.75 Å². The van der Waals surface area contributed by atoms with Crippen molar-refractivity contribution >= 4 is 17.7 Å². The third kappa shape index (κ3) is 10.2. The van der Waals surface area contributed by atoms with Gasteiger partial charge in [0.2, 0.25) is 0 Å². The molecule has 0 unspecified atom stereocenters. The molecule has 0 aliphatic heterocycles. The lowest BCUT2D eigenvalue weighted by Gasteiger charge is -2.21. The molecule has 1 N–H and O–H groups in total. The van der Waals surface area contributed by atoms with Crippen molar-refractivity contribution in [1.82, 2.24) is 4.90 Å². The second-order valence-corrected chi connectivity index (χ2v) is 12.5. The summed E-state index contributed by atoms with van der Waals surface area (Å²) >= 11 is 0. The summed E-state index contributed by atoms with van der Waals surface area (Å²) in [6.07, 6.45) is -3.53. The number of ketones is 1. The minimum atomic E-state index is -4.65. The van der Waals surface area contributed by atoms with Crippen molar-refractivity contribution in [2.75, 3.05) is 13.7 Å². The van der Waals surface area contributed by atoms with E-state index in [1.165, 1.54) is 58.5 Å². The van der Waals surface area contributed by atoms with Gasteiger partial charge in [-0.3, -0.25) is 14.4 Å². The highest BCUT2D eigenvalue weighted by molar-refractivity contribution is 5.96. The van der Waals surface area contributed by atoms with Gasteiger partial charge in [-0.2, -0.15) is 13.2 Å². The zero-order valence-electron chi connectivity index (χ0n) is 28.4. The maximum Gasteiger partial charge on any atom is 0.416 e. The number of carboxylic acids is 1. The highest BCUT2D eigenvalue weighted by atomic mass is 19.4. The van der Waals surface area contributed by atoms with Gasteiger partial charge in [0.1, 0.15) is 18.1 Å². The van der Waals surface area contributed by atoms with Gasteiger partial charge in [0.05, 0.1) is 12.7 Å². The first-order valence-electron chi connectivity index (χ1n) is 16.5. The van der Waals surface area contributed by atoms with Crippen LogP contribution in [0.1, 0.15) is 49.3 Å². The summed E-state index contributed by atoms with van der Waals surface area (Å²) in [7, 11) is 1.27. The first-order chi connectivity index (χ1) is 24.4. The van der Waals surface area contributed by atoms with Crippen LogP contribution in [0.15, 0.2) is 115 Å². The van der Waals surface area contributed by atoms with Gasteiger partial charge in [0, 0.05) is 24.9 Å². The molecule has 262 valence electrons. The fourth-order valence-electron chi connectivity index (χ4n) is 5.84. The molecule has 0 aliphatic rings. The van der Waals surface area contributed by atoms with Gasteiger partial charge in [-0.25, -0.2) is 0 Å². The van der Waals surface area contributed by atoms with Crippen molar-refractivity contribution in [2.45, 2.75) is 45.3 Å². The molecule has 0 bridgehead atoms. The van der Waals surface area contributed by atoms with Gasteiger partial charge in [-0.1, -0.05) is 96.6 Å². The number of carboxylic acid groups (broad SMARTS) is 1. The summed E-state index contributed by atoms with van der Waals surface area (Å²) in [6.45, 7) is 1.64. The molecule has 0 radical (unpaired) electrons. The van der Waals surface area contributed by atoms with Crippen LogP contribution >= 0.6 is 0 Å². The Kier molecular flexibility index (Phi) is 11.7. The number of alkyl halides is 3. The fraction of sp³-hybridized carbons (Fsp3) is 0.214. The summed E-state index contributed by atoms with van der Waals surface area (Å²) in [6, 6.07) is 34.3. The maximum atomic E-state index is 13.6. The third-order valence-corrected chi connectivity index (χ3v) is 8.66. The number of halogens is 3. The zero-order valence-corrected chi connectivity index (χ0v) is 28.4. The van der Waals surface area contributed by atoms with Gasteiger partial charge in [-0.15, -0.1) is 0 Å². The number of nitrogens with zero attached hydrogens (tertiary/aromatic N) is 1. The molecule has 6 nitrogen and oxygen atoms in total. The molecule has 0 aliphatic carbocycles. The summed E-state index contributed by atoms with van der Waals surface area (Å²) in [5.41, 5.74) is 6.34. The second-order valence-electron chi connectivity index (χ2n) is 12.5. The van der Waals surface area contributed by atoms with Gasteiger partial charge in [0.15, 0.2) is 0 Å². The van der Waals surface area contributed by atoms with Crippen LogP contribution in [0.25, 0.3) is 11.1 Å². The highest BCUT2D eigenvalue weighted by Crippen LogP contribution is 2.35. The van der Waals surface area contributed by atoms with Gasteiger partial charge in [0.25, 0.3) is 5.91 Å². The quantitative estimate of drug-likeness (QED) is 0.126. The molecule has 9 heteroatoms. The molecule has 0 fully saturated rings. The molecule has 5 rings (SSSR count). The topological polar surface area (TPSA) is 83.9 Å². The summed E-state index contributed by atoms with van der Waals surface area (Å²) < 4.78 is 45.6. The van der Waals surface area contributed by atoms with Crippen LogP contribution in [-0.4, -0.2) is 41.3 Å². The van der Waals surface area contributed by atoms with Gasteiger partial charge < -0.3 is 14.7 Å². The molecule has 0 saturated carbocycles. The average Bonchev–Trinajstić information content (AvgIpc) is 3.11. The van der Waals surface area contributed by atoms with Crippen LogP contribution in [-0.2, 0) is 48.0 Å². The number of hydrogen-bond acceptors (Lipinski definition) is 4. The summed E-state index contributed by atoms with van der Waals surface area (Å²) in [5.74, 6) is -2.05. The minimum absolute atomic E-state index is 0.0414. The Bertz CT molecular complexity index is 1970. The number of carbonyl (C=O) groups excluding carboxylic acids is 2. The Morgan fingerprint density at radius 3 is 1.76 bits per heavy atom. The number of Topliss-reactive ketones (excluding diaryl/α,β-unsaturated/α-hetero) is 1. The lowest BCUT2D eigenvalue weighted by atomic mass is 9.97. The molecular formula is C42H38F3NO5. The normalized spacial score (nSPS) is 11.2. The van der Waals surface area contributed by atoms with Gasteiger partial charge >= 0.3 is 12.1 Å². The van der Waals surface area contributed by atoms with Crippen molar-refractivity contribution in [3.05, 3.63) is 160 Å². The van der Waals surface area contributed by atoms with Crippen molar-refractivity contribution in [3.63, 3.8) is 0 Å². The number of ether oxygens (including phenoxy) is 1. The monoisotopic (exact) mass is 693 g/mol. The Hall–Kier alpha value is -5.70. The molecule has 1 amide bonds. The number of methoxy groups -OCH3 is 1. The molecule has 0 aromatic heterocycles. The van der Waals surface area contributed by atoms with Crippen molar-refractivity contribution in [3.8, 4) is 16.9 Å². The number of rotatable bonds is 14. The number of benzene rings is 5. The first-order valence-corrected chi connectivity index (χ1v) is 16.5. The Labute approximate surface area is 295 Å². The molecule has 0 saturated heterocycles. The molecule has 51 heavy (non-hydrogen) atoms. The van der Waals surface area contributed by atoms with E-state index < -0.39 is 42.4 Å². The van der Waals surface area contributed by atoms with E-state index in [2.05, 4.69) is 55.5 Å². The summed E-state index contributed by atoms with van der Waals surface area (Å²) in [5, 5.41) is 9.53. The van der Waals surface area contributed by atoms with Crippen LogP contribution < -0.4 is 4.74 Å².